The molecule has 19 heavy (non-hydrogen) atoms. The molecule has 2 heterocycles. The van der Waals surface area contributed by atoms with E-state index in [1.54, 1.807) is 11.6 Å². The highest BCUT2D eigenvalue weighted by atomic mass is 16.1. The summed E-state index contributed by atoms with van der Waals surface area (Å²) in [5.74, 6) is 0.316. The van der Waals surface area contributed by atoms with Crippen molar-refractivity contribution in [3.8, 4) is 0 Å². The predicted octanol–water partition coefficient (Wildman–Crippen LogP) is 0.760. The number of aromatic nitrogens is 4. The second kappa shape index (κ2) is 4.24. The van der Waals surface area contributed by atoms with Gasteiger partial charge in [-0.15, -0.1) is 0 Å². The van der Waals surface area contributed by atoms with Gasteiger partial charge in [0.2, 0.25) is 0 Å². The van der Waals surface area contributed by atoms with Gasteiger partial charge in [-0.3, -0.25) is 9.13 Å². The van der Waals surface area contributed by atoms with Gasteiger partial charge < -0.3 is 5.73 Å². The molecule has 1 aromatic carbocycles. The van der Waals surface area contributed by atoms with Gasteiger partial charge in [-0.1, -0.05) is 30.3 Å². The number of hydrogen-bond acceptors (Lipinski definition) is 4. The first-order valence-electron chi connectivity index (χ1n) is 5.88. The molecule has 0 unspecified atom stereocenters. The summed E-state index contributed by atoms with van der Waals surface area (Å²) in [6.07, 6.45) is 1.37. The Morgan fingerprint density at radius 2 is 1.95 bits per heavy atom. The van der Waals surface area contributed by atoms with Crippen LogP contribution in [0.15, 0.2) is 41.5 Å². The fourth-order valence-corrected chi connectivity index (χ4v) is 2.18. The molecule has 0 bridgehead atoms. The Morgan fingerprint density at radius 3 is 2.68 bits per heavy atom. The fourth-order valence-electron chi connectivity index (χ4n) is 2.18. The topological polar surface area (TPSA) is 78.7 Å². The summed E-state index contributed by atoms with van der Waals surface area (Å²) >= 11 is 0. The fraction of sp³-hybridized carbons (Fsp3) is 0.154. The van der Waals surface area contributed by atoms with Gasteiger partial charge in [-0.2, -0.15) is 0 Å². The van der Waals surface area contributed by atoms with Crippen LogP contribution in [0.1, 0.15) is 5.56 Å². The molecule has 2 aromatic heterocycles. The van der Waals surface area contributed by atoms with E-state index in [2.05, 4.69) is 9.97 Å². The number of nitrogens with zero attached hydrogens (tertiary/aromatic N) is 4. The Labute approximate surface area is 109 Å². The van der Waals surface area contributed by atoms with Gasteiger partial charge in [0.1, 0.15) is 11.8 Å². The lowest BCUT2D eigenvalue weighted by atomic mass is 10.2. The zero-order valence-corrected chi connectivity index (χ0v) is 10.4. The highest BCUT2D eigenvalue weighted by Crippen LogP contribution is 2.15. The molecule has 96 valence electrons. The van der Waals surface area contributed by atoms with Gasteiger partial charge >= 0.3 is 5.69 Å². The second-order valence-electron chi connectivity index (χ2n) is 4.34. The summed E-state index contributed by atoms with van der Waals surface area (Å²) in [5.41, 5.74) is 7.83. The smallest absolute Gasteiger partial charge is 0.330 e. The highest BCUT2D eigenvalue weighted by Gasteiger charge is 2.14. The molecule has 0 aliphatic rings. The van der Waals surface area contributed by atoms with Crippen LogP contribution in [0, 0.1) is 0 Å². The van der Waals surface area contributed by atoms with Gasteiger partial charge in [-0.25, -0.2) is 14.8 Å². The molecular weight excluding hydrogens is 242 g/mol. The molecule has 0 amide bonds. The monoisotopic (exact) mass is 255 g/mol. The first-order chi connectivity index (χ1) is 9.18. The van der Waals surface area contributed by atoms with Gasteiger partial charge in [0.05, 0.1) is 6.54 Å². The van der Waals surface area contributed by atoms with Crippen LogP contribution in [-0.4, -0.2) is 19.1 Å². The summed E-state index contributed by atoms with van der Waals surface area (Å²) in [6, 6.07) is 9.75. The van der Waals surface area contributed by atoms with Crippen LogP contribution in [0.4, 0.5) is 5.82 Å². The molecule has 0 fully saturated rings. The minimum Gasteiger partial charge on any atom is -0.382 e. The number of nitrogens with two attached hydrogens (primary N) is 1. The van der Waals surface area contributed by atoms with E-state index in [0.717, 1.165) is 5.56 Å². The van der Waals surface area contributed by atoms with Gasteiger partial charge in [0, 0.05) is 7.05 Å². The van der Waals surface area contributed by atoms with Gasteiger partial charge in [0.25, 0.3) is 0 Å². The number of anilines is 1. The standard InChI is InChI=1S/C13H13N5O/c1-17-10-11(14)15-8-16-12(10)18(13(17)19)7-9-5-3-2-4-6-9/h2-6,8H,7H2,1H3,(H2,14,15,16). The molecule has 0 aliphatic carbocycles. The third kappa shape index (κ3) is 1.77. The minimum atomic E-state index is -0.147. The average Bonchev–Trinajstić information content (AvgIpc) is 2.66. The van der Waals surface area contributed by atoms with Crippen LogP contribution in [0.25, 0.3) is 11.2 Å². The van der Waals surface area contributed by atoms with Crippen molar-refractivity contribution in [1.29, 1.82) is 0 Å². The van der Waals surface area contributed by atoms with E-state index in [1.165, 1.54) is 10.9 Å². The van der Waals surface area contributed by atoms with E-state index >= 15 is 0 Å². The minimum absolute atomic E-state index is 0.147. The Hall–Kier alpha value is -2.63. The molecule has 0 spiro atoms. The molecule has 0 saturated heterocycles. The number of rotatable bonds is 2. The zero-order chi connectivity index (χ0) is 13.4. The Morgan fingerprint density at radius 1 is 1.21 bits per heavy atom. The maximum Gasteiger partial charge on any atom is 0.330 e. The van der Waals surface area contributed by atoms with Gasteiger partial charge in [-0.05, 0) is 5.56 Å². The third-order valence-corrected chi connectivity index (χ3v) is 3.12. The van der Waals surface area contributed by atoms with Crippen molar-refractivity contribution in [2.24, 2.45) is 7.05 Å². The van der Waals surface area contributed by atoms with Crippen molar-refractivity contribution in [2.75, 3.05) is 5.73 Å². The number of benzene rings is 1. The van der Waals surface area contributed by atoms with E-state index in [9.17, 15) is 4.79 Å². The molecule has 0 aliphatic heterocycles. The first-order valence-corrected chi connectivity index (χ1v) is 5.88. The number of hydrogen-bond donors (Lipinski definition) is 1. The summed E-state index contributed by atoms with van der Waals surface area (Å²) in [6.45, 7) is 0.466. The largest absolute Gasteiger partial charge is 0.382 e. The molecule has 6 nitrogen and oxygen atoms in total. The summed E-state index contributed by atoms with van der Waals surface area (Å²) in [7, 11) is 1.67. The lowest BCUT2D eigenvalue weighted by molar-refractivity contribution is 0.731. The lowest BCUT2D eigenvalue weighted by Gasteiger charge is -2.02. The van der Waals surface area contributed by atoms with Crippen LogP contribution < -0.4 is 11.4 Å². The van der Waals surface area contributed by atoms with E-state index in [4.69, 9.17) is 5.73 Å². The number of aryl methyl sites for hydroxylation is 1. The SMILES string of the molecule is Cn1c(=O)n(Cc2ccccc2)c2ncnc(N)c21. The number of imidazole rings is 1. The first kappa shape index (κ1) is 11.5. The maximum atomic E-state index is 12.2. The Balaban J connectivity index is 2.22. The summed E-state index contributed by atoms with van der Waals surface area (Å²) < 4.78 is 3.08. The van der Waals surface area contributed by atoms with Crippen molar-refractivity contribution in [3.05, 3.63) is 52.7 Å². The van der Waals surface area contributed by atoms with E-state index in [0.29, 0.717) is 23.5 Å². The quantitative estimate of drug-likeness (QED) is 0.733. The van der Waals surface area contributed by atoms with Crippen LogP contribution in [0.5, 0.6) is 0 Å². The number of nitrogen functional groups attached to an aromatic ring is 1. The van der Waals surface area contributed by atoms with Crippen LogP contribution in [0.2, 0.25) is 0 Å². The molecule has 0 saturated carbocycles. The van der Waals surface area contributed by atoms with Gasteiger partial charge in [0.15, 0.2) is 11.5 Å². The molecule has 3 aromatic rings. The van der Waals surface area contributed by atoms with E-state index in [1.807, 2.05) is 30.3 Å². The second-order valence-corrected chi connectivity index (χ2v) is 4.34. The summed E-state index contributed by atoms with van der Waals surface area (Å²) in [5, 5.41) is 0. The highest BCUT2D eigenvalue weighted by molar-refractivity contribution is 5.82. The third-order valence-electron chi connectivity index (χ3n) is 3.12. The van der Waals surface area contributed by atoms with E-state index < -0.39 is 0 Å². The lowest BCUT2D eigenvalue weighted by Crippen LogP contribution is -2.22. The van der Waals surface area contributed by atoms with Crippen molar-refractivity contribution in [2.45, 2.75) is 6.54 Å². The Bertz CT molecular complexity index is 788. The van der Waals surface area contributed by atoms with Crippen LogP contribution >= 0.6 is 0 Å². The van der Waals surface area contributed by atoms with Crippen molar-refractivity contribution in [1.82, 2.24) is 19.1 Å². The molecule has 6 heteroatoms. The van der Waals surface area contributed by atoms with Crippen LogP contribution in [-0.2, 0) is 13.6 Å². The molecule has 3 rings (SSSR count). The maximum absolute atomic E-state index is 12.2. The molecular formula is C13H13N5O. The van der Waals surface area contributed by atoms with Crippen molar-refractivity contribution < 1.29 is 0 Å². The Kier molecular flexibility index (Phi) is 2.56. The average molecular weight is 255 g/mol. The normalized spacial score (nSPS) is 11.0. The van der Waals surface area contributed by atoms with E-state index in [-0.39, 0.29) is 5.69 Å². The molecule has 0 atom stereocenters. The molecule has 2 N–H and O–H groups in total. The number of fused-ring (bicyclic) bond motifs is 1. The predicted molar refractivity (Wildman–Crippen MR) is 72.7 cm³/mol. The summed E-state index contributed by atoms with van der Waals surface area (Å²) in [4.78, 5) is 20.3. The molecule has 0 radical (unpaired) electrons. The van der Waals surface area contributed by atoms with Crippen molar-refractivity contribution >= 4 is 17.0 Å². The zero-order valence-electron chi connectivity index (χ0n) is 10.4. The van der Waals surface area contributed by atoms with Crippen LogP contribution in [0.3, 0.4) is 0 Å². The van der Waals surface area contributed by atoms with Crippen molar-refractivity contribution in [3.63, 3.8) is 0 Å².